The molecule has 3 heterocycles. The van der Waals surface area contributed by atoms with Crippen LogP contribution in [0, 0.1) is 0 Å². The van der Waals surface area contributed by atoms with Gasteiger partial charge in [-0.2, -0.15) is 0 Å². The molecule has 0 atom stereocenters. The van der Waals surface area contributed by atoms with E-state index in [9.17, 15) is 0 Å². The number of hydrogen-bond acceptors (Lipinski definition) is 5. The molecule has 0 unspecified atom stereocenters. The third-order valence-electron chi connectivity index (χ3n) is 4.42. The summed E-state index contributed by atoms with van der Waals surface area (Å²) in [5.41, 5.74) is 0. The van der Waals surface area contributed by atoms with Crippen LogP contribution in [0.15, 0.2) is 12.3 Å². The highest BCUT2D eigenvalue weighted by atomic mass is 15.4. The minimum absolute atomic E-state index is 0.393. The zero-order valence-electron chi connectivity index (χ0n) is 12.8. The molecule has 2 aliphatic rings. The number of aromatic nitrogens is 2. The Bertz CT molecular complexity index is 447. The van der Waals surface area contributed by atoms with Gasteiger partial charge in [0.1, 0.15) is 11.6 Å². The van der Waals surface area contributed by atoms with Crippen molar-refractivity contribution in [3.63, 3.8) is 0 Å². The molecule has 1 aromatic heterocycles. The van der Waals surface area contributed by atoms with E-state index in [1.165, 1.54) is 26.2 Å². The van der Waals surface area contributed by atoms with E-state index in [2.05, 4.69) is 45.6 Å². The number of anilines is 1. The number of piperazine rings is 1. The van der Waals surface area contributed by atoms with Crippen LogP contribution >= 0.6 is 0 Å². The zero-order chi connectivity index (χ0) is 14.1. The van der Waals surface area contributed by atoms with E-state index in [4.69, 9.17) is 0 Å². The molecule has 20 heavy (non-hydrogen) atoms. The van der Waals surface area contributed by atoms with Crippen LogP contribution in [-0.4, -0.2) is 72.1 Å². The molecule has 2 aliphatic heterocycles. The predicted octanol–water partition coefficient (Wildman–Crippen LogP) is 1.04. The lowest BCUT2D eigenvalue weighted by Crippen LogP contribution is -2.63. The van der Waals surface area contributed by atoms with Crippen LogP contribution in [0.2, 0.25) is 0 Å². The van der Waals surface area contributed by atoms with Crippen LogP contribution in [-0.2, 0) is 0 Å². The van der Waals surface area contributed by atoms with Gasteiger partial charge in [0.2, 0.25) is 0 Å². The number of rotatable bonds is 3. The van der Waals surface area contributed by atoms with Gasteiger partial charge in [-0.3, -0.25) is 4.90 Å². The molecule has 0 saturated carbocycles. The van der Waals surface area contributed by atoms with Crippen LogP contribution in [0.3, 0.4) is 0 Å². The molecule has 3 rings (SSSR count). The van der Waals surface area contributed by atoms with E-state index in [0.29, 0.717) is 12.0 Å². The Morgan fingerprint density at radius 3 is 2.50 bits per heavy atom. The van der Waals surface area contributed by atoms with Crippen LogP contribution in [0.1, 0.15) is 25.6 Å². The monoisotopic (exact) mass is 275 g/mol. The number of nitrogens with zero attached hydrogens (tertiary/aromatic N) is 5. The molecule has 2 fully saturated rings. The summed E-state index contributed by atoms with van der Waals surface area (Å²) < 4.78 is 0. The summed E-state index contributed by atoms with van der Waals surface area (Å²) in [6.07, 6.45) is 1.89. The molecule has 110 valence electrons. The van der Waals surface area contributed by atoms with Crippen LogP contribution in [0.25, 0.3) is 0 Å². The van der Waals surface area contributed by atoms with Gasteiger partial charge in [-0.1, -0.05) is 13.8 Å². The second kappa shape index (κ2) is 5.66. The van der Waals surface area contributed by atoms with E-state index in [0.717, 1.165) is 24.7 Å². The van der Waals surface area contributed by atoms with Gasteiger partial charge in [-0.05, 0) is 13.1 Å². The topological polar surface area (TPSA) is 35.5 Å². The van der Waals surface area contributed by atoms with Gasteiger partial charge >= 0.3 is 0 Å². The molecular weight excluding hydrogens is 250 g/mol. The van der Waals surface area contributed by atoms with Crippen molar-refractivity contribution in [3.05, 3.63) is 18.1 Å². The Morgan fingerprint density at radius 2 is 1.85 bits per heavy atom. The molecule has 1 aromatic rings. The smallest absolute Gasteiger partial charge is 0.133 e. The number of hydrogen-bond donors (Lipinski definition) is 0. The summed E-state index contributed by atoms with van der Waals surface area (Å²) in [7, 11) is 2.21. The van der Waals surface area contributed by atoms with E-state index in [-0.39, 0.29) is 0 Å². The Morgan fingerprint density at radius 1 is 1.15 bits per heavy atom. The van der Waals surface area contributed by atoms with Crippen LogP contribution < -0.4 is 4.90 Å². The van der Waals surface area contributed by atoms with E-state index >= 15 is 0 Å². The van der Waals surface area contributed by atoms with Crippen molar-refractivity contribution in [2.24, 2.45) is 0 Å². The summed E-state index contributed by atoms with van der Waals surface area (Å²) in [4.78, 5) is 16.4. The fourth-order valence-corrected chi connectivity index (χ4v) is 2.88. The van der Waals surface area contributed by atoms with E-state index < -0.39 is 0 Å². The fraction of sp³-hybridized carbons (Fsp3) is 0.733. The molecule has 0 spiro atoms. The maximum absolute atomic E-state index is 4.67. The molecule has 0 aromatic carbocycles. The highest BCUT2D eigenvalue weighted by molar-refractivity contribution is 5.42. The molecule has 0 aliphatic carbocycles. The molecule has 2 saturated heterocycles. The van der Waals surface area contributed by atoms with Crippen molar-refractivity contribution >= 4 is 5.82 Å². The van der Waals surface area contributed by atoms with Gasteiger partial charge in [-0.15, -0.1) is 0 Å². The molecule has 0 radical (unpaired) electrons. The summed E-state index contributed by atoms with van der Waals surface area (Å²) in [6.45, 7) is 11.3. The molecule has 0 N–H and O–H groups in total. The molecular formula is C15H25N5. The second-order valence-electron chi connectivity index (χ2n) is 6.33. The van der Waals surface area contributed by atoms with Gasteiger partial charge in [-0.25, -0.2) is 9.97 Å². The molecule has 5 heteroatoms. The first kappa shape index (κ1) is 13.8. The average molecular weight is 275 g/mol. The maximum Gasteiger partial charge on any atom is 0.133 e. The first-order chi connectivity index (χ1) is 9.63. The molecule has 5 nitrogen and oxygen atoms in total. The van der Waals surface area contributed by atoms with Gasteiger partial charge in [0.05, 0.1) is 0 Å². The standard InChI is InChI=1S/C15H25N5/c1-12(2)15-16-5-4-14(17-15)20-10-13(11-20)19-8-6-18(3)7-9-19/h4-5,12-13H,6-11H2,1-3H3. The van der Waals surface area contributed by atoms with Gasteiger partial charge in [0.15, 0.2) is 0 Å². The Hall–Kier alpha value is -1.20. The fourth-order valence-electron chi connectivity index (χ4n) is 2.88. The van der Waals surface area contributed by atoms with Crippen LogP contribution in [0.5, 0.6) is 0 Å². The SMILES string of the molecule is CC(C)c1nccc(N2CC(N3CCN(C)CC3)C2)n1. The lowest BCUT2D eigenvalue weighted by Gasteiger charge is -2.48. The third-order valence-corrected chi connectivity index (χ3v) is 4.42. The first-order valence-corrected chi connectivity index (χ1v) is 7.64. The summed E-state index contributed by atoms with van der Waals surface area (Å²) in [6, 6.07) is 2.74. The van der Waals surface area contributed by atoms with Crippen molar-refractivity contribution in [1.82, 2.24) is 19.8 Å². The largest absolute Gasteiger partial charge is 0.353 e. The Balaban J connectivity index is 1.56. The third kappa shape index (κ3) is 2.79. The van der Waals surface area contributed by atoms with Crippen molar-refractivity contribution in [3.8, 4) is 0 Å². The number of likely N-dealkylation sites (N-methyl/N-ethyl adjacent to an activating group) is 1. The highest BCUT2D eigenvalue weighted by Crippen LogP contribution is 2.23. The first-order valence-electron chi connectivity index (χ1n) is 7.64. The van der Waals surface area contributed by atoms with Gasteiger partial charge in [0, 0.05) is 57.4 Å². The average Bonchev–Trinajstić information content (AvgIpc) is 2.40. The summed E-state index contributed by atoms with van der Waals surface area (Å²) in [5, 5.41) is 0. The van der Waals surface area contributed by atoms with Crippen molar-refractivity contribution < 1.29 is 0 Å². The lowest BCUT2D eigenvalue weighted by molar-refractivity contribution is 0.0960. The quantitative estimate of drug-likeness (QED) is 0.823. The van der Waals surface area contributed by atoms with Crippen molar-refractivity contribution in [2.75, 3.05) is 51.2 Å². The van der Waals surface area contributed by atoms with Crippen LogP contribution in [0.4, 0.5) is 5.82 Å². The van der Waals surface area contributed by atoms with Crippen molar-refractivity contribution in [1.29, 1.82) is 0 Å². The molecule has 0 amide bonds. The minimum Gasteiger partial charge on any atom is -0.353 e. The van der Waals surface area contributed by atoms with Gasteiger partial charge in [0.25, 0.3) is 0 Å². The van der Waals surface area contributed by atoms with Crippen molar-refractivity contribution in [2.45, 2.75) is 25.8 Å². The summed E-state index contributed by atoms with van der Waals surface area (Å²) in [5.74, 6) is 2.43. The predicted molar refractivity (Wildman–Crippen MR) is 81.2 cm³/mol. The Labute approximate surface area is 121 Å². The van der Waals surface area contributed by atoms with Gasteiger partial charge < -0.3 is 9.80 Å². The van der Waals surface area contributed by atoms with E-state index in [1.807, 2.05) is 12.3 Å². The lowest BCUT2D eigenvalue weighted by atomic mass is 10.1. The zero-order valence-corrected chi connectivity index (χ0v) is 12.8. The second-order valence-corrected chi connectivity index (χ2v) is 6.33. The van der Waals surface area contributed by atoms with E-state index in [1.54, 1.807) is 0 Å². The minimum atomic E-state index is 0.393. The Kier molecular flexibility index (Phi) is 3.89. The maximum atomic E-state index is 4.67. The molecule has 0 bridgehead atoms. The normalized spacial score (nSPS) is 22.3. The summed E-state index contributed by atoms with van der Waals surface area (Å²) >= 11 is 0. The highest BCUT2D eigenvalue weighted by Gasteiger charge is 2.33.